The molecule has 4 atom stereocenters. The number of nitrogens with zero attached hydrogens (tertiary/aromatic N) is 3. The molecule has 3 saturated heterocycles. The molecule has 3 fully saturated rings. The van der Waals surface area contributed by atoms with Gasteiger partial charge in [0.2, 0.25) is 11.8 Å². The molecule has 150 valence electrons. The van der Waals surface area contributed by atoms with Crippen LogP contribution in [0.1, 0.15) is 48.7 Å². The van der Waals surface area contributed by atoms with Crippen LogP contribution in [0.4, 0.5) is 0 Å². The van der Waals surface area contributed by atoms with Crippen LogP contribution < -0.4 is 5.32 Å². The third-order valence-corrected chi connectivity index (χ3v) is 6.50. The van der Waals surface area contributed by atoms with E-state index in [0.717, 1.165) is 25.0 Å². The Kier molecular flexibility index (Phi) is 5.08. The van der Waals surface area contributed by atoms with Crippen LogP contribution in [0.5, 0.6) is 0 Å². The van der Waals surface area contributed by atoms with Gasteiger partial charge in [-0.05, 0) is 50.2 Å². The summed E-state index contributed by atoms with van der Waals surface area (Å²) in [5.74, 6) is 0.614. The highest BCUT2D eigenvalue weighted by Crippen LogP contribution is 2.41. The Morgan fingerprint density at radius 3 is 2.75 bits per heavy atom. The van der Waals surface area contributed by atoms with Gasteiger partial charge < -0.3 is 15.1 Å². The lowest BCUT2D eigenvalue weighted by molar-refractivity contribution is -0.151. The van der Waals surface area contributed by atoms with Crippen LogP contribution in [0.2, 0.25) is 0 Å². The molecule has 3 aliphatic heterocycles. The number of hydrogen-bond donors (Lipinski definition) is 1. The van der Waals surface area contributed by atoms with Crippen molar-refractivity contribution >= 4 is 17.7 Å². The third-order valence-electron chi connectivity index (χ3n) is 6.50. The summed E-state index contributed by atoms with van der Waals surface area (Å²) >= 11 is 0. The summed E-state index contributed by atoms with van der Waals surface area (Å²) in [7, 11) is 0. The first-order valence-electron chi connectivity index (χ1n) is 10.2. The standard InChI is InChI=1S/C21H28N4O3/c1-13-6-7-15(9-22-13)21(28)24-11-16-8-17(12-24)19(10-23-14(2)26)25-18(16)4-3-5-20(25)27/h6-7,9,16-19H,3-5,8,10-12H2,1-2H3,(H,23,26)/t16-,17+,18+,19+/m1/s1. The van der Waals surface area contributed by atoms with Crippen molar-refractivity contribution in [1.82, 2.24) is 20.1 Å². The van der Waals surface area contributed by atoms with E-state index in [1.807, 2.05) is 28.9 Å². The molecule has 28 heavy (non-hydrogen) atoms. The van der Waals surface area contributed by atoms with Gasteiger partial charge in [0.15, 0.2) is 0 Å². The topological polar surface area (TPSA) is 82.6 Å². The maximum Gasteiger partial charge on any atom is 0.255 e. The maximum atomic E-state index is 13.1. The van der Waals surface area contributed by atoms with Crippen LogP contribution in [0.15, 0.2) is 18.3 Å². The zero-order valence-electron chi connectivity index (χ0n) is 16.6. The summed E-state index contributed by atoms with van der Waals surface area (Å²) in [6, 6.07) is 3.83. The molecular formula is C21H28N4O3. The van der Waals surface area contributed by atoms with Gasteiger partial charge >= 0.3 is 0 Å². The van der Waals surface area contributed by atoms with E-state index < -0.39 is 0 Å². The number of carbonyl (C=O) groups is 3. The molecule has 0 aromatic carbocycles. The van der Waals surface area contributed by atoms with E-state index in [-0.39, 0.29) is 35.7 Å². The Balaban J connectivity index is 1.58. The van der Waals surface area contributed by atoms with Gasteiger partial charge in [0.25, 0.3) is 5.91 Å². The number of hydrogen-bond acceptors (Lipinski definition) is 4. The summed E-state index contributed by atoms with van der Waals surface area (Å²) < 4.78 is 0. The molecule has 4 heterocycles. The number of likely N-dealkylation sites (tertiary alicyclic amines) is 1. The molecule has 7 heteroatoms. The van der Waals surface area contributed by atoms with E-state index in [9.17, 15) is 14.4 Å². The van der Waals surface area contributed by atoms with E-state index in [4.69, 9.17) is 0 Å². The van der Waals surface area contributed by atoms with Gasteiger partial charge in [0.1, 0.15) is 0 Å². The smallest absolute Gasteiger partial charge is 0.255 e. The second kappa shape index (κ2) is 7.53. The first-order chi connectivity index (χ1) is 13.4. The molecule has 1 aromatic rings. The number of rotatable bonds is 3. The highest BCUT2D eigenvalue weighted by molar-refractivity contribution is 5.94. The quantitative estimate of drug-likeness (QED) is 0.853. The van der Waals surface area contributed by atoms with E-state index in [1.54, 1.807) is 6.20 Å². The minimum Gasteiger partial charge on any atom is -0.354 e. The van der Waals surface area contributed by atoms with Crippen molar-refractivity contribution in [2.24, 2.45) is 11.8 Å². The lowest BCUT2D eigenvalue weighted by Crippen LogP contribution is -2.67. The van der Waals surface area contributed by atoms with Gasteiger partial charge in [0.05, 0.1) is 11.6 Å². The highest BCUT2D eigenvalue weighted by atomic mass is 16.2. The monoisotopic (exact) mass is 384 g/mol. The zero-order valence-corrected chi connectivity index (χ0v) is 16.6. The third kappa shape index (κ3) is 3.50. The summed E-state index contributed by atoms with van der Waals surface area (Å²) in [6.45, 7) is 5.17. The molecule has 3 aliphatic rings. The van der Waals surface area contributed by atoms with Crippen LogP contribution in [0, 0.1) is 18.8 Å². The zero-order chi connectivity index (χ0) is 19.8. The van der Waals surface area contributed by atoms with Crippen LogP contribution in [-0.4, -0.2) is 64.2 Å². The van der Waals surface area contributed by atoms with E-state index >= 15 is 0 Å². The largest absolute Gasteiger partial charge is 0.354 e. The fourth-order valence-electron chi connectivity index (χ4n) is 5.23. The van der Waals surface area contributed by atoms with Crippen LogP contribution >= 0.6 is 0 Å². The molecule has 0 unspecified atom stereocenters. The van der Waals surface area contributed by atoms with Gasteiger partial charge in [-0.3, -0.25) is 19.4 Å². The number of amides is 3. The average Bonchev–Trinajstić information content (AvgIpc) is 2.68. The van der Waals surface area contributed by atoms with Crippen LogP contribution in [0.3, 0.4) is 0 Å². The van der Waals surface area contributed by atoms with Crippen LogP contribution in [-0.2, 0) is 9.59 Å². The fourth-order valence-corrected chi connectivity index (χ4v) is 5.23. The van der Waals surface area contributed by atoms with Crippen molar-refractivity contribution in [1.29, 1.82) is 0 Å². The maximum absolute atomic E-state index is 13.1. The van der Waals surface area contributed by atoms with Crippen molar-refractivity contribution in [2.75, 3.05) is 19.6 Å². The SMILES string of the molecule is CC(=O)NC[C@H]1[C@H]2C[C@H](CN(C(=O)c3ccc(C)nc3)C2)[C@@H]2CCCC(=O)N21. The van der Waals surface area contributed by atoms with Crippen molar-refractivity contribution in [2.45, 2.75) is 51.6 Å². The molecule has 7 nitrogen and oxygen atoms in total. The molecule has 0 spiro atoms. The van der Waals surface area contributed by atoms with Gasteiger partial charge in [0, 0.05) is 50.9 Å². The molecular weight excluding hydrogens is 356 g/mol. The molecule has 1 N–H and O–H groups in total. The molecule has 0 radical (unpaired) electrons. The van der Waals surface area contributed by atoms with Crippen molar-refractivity contribution in [3.8, 4) is 0 Å². The first-order valence-corrected chi connectivity index (χ1v) is 10.2. The van der Waals surface area contributed by atoms with Crippen molar-refractivity contribution < 1.29 is 14.4 Å². The summed E-state index contributed by atoms with van der Waals surface area (Å²) in [5.41, 5.74) is 1.50. The Labute approximate surface area is 165 Å². The molecule has 3 amide bonds. The van der Waals surface area contributed by atoms with Gasteiger partial charge in [-0.1, -0.05) is 0 Å². The van der Waals surface area contributed by atoms with E-state index in [2.05, 4.69) is 10.3 Å². The molecule has 2 bridgehead atoms. The fraction of sp³-hybridized carbons (Fsp3) is 0.619. The molecule has 0 saturated carbocycles. The lowest BCUT2D eigenvalue weighted by atomic mass is 9.72. The molecule has 1 aromatic heterocycles. The van der Waals surface area contributed by atoms with E-state index in [1.165, 1.54) is 6.92 Å². The predicted octanol–water partition coefficient (Wildman–Crippen LogP) is 1.37. The number of nitrogens with one attached hydrogen (secondary N) is 1. The number of fused-ring (bicyclic) bond motifs is 4. The number of carbonyl (C=O) groups excluding carboxylic acids is 3. The normalized spacial score (nSPS) is 29.3. The average molecular weight is 384 g/mol. The van der Waals surface area contributed by atoms with Gasteiger partial charge in [-0.15, -0.1) is 0 Å². The number of aryl methyl sites for hydroxylation is 1. The summed E-state index contributed by atoms with van der Waals surface area (Å²) in [5, 5.41) is 2.91. The van der Waals surface area contributed by atoms with Crippen LogP contribution in [0.25, 0.3) is 0 Å². The lowest BCUT2D eigenvalue weighted by Gasteiger charge is -2.56. The number of piperidine rings is 3. The number of aromatic nitrogens is 1. The van der Waals surface area contributed by atoms with Crippen molar-refractivity contribution in [3.63, 3.8) is 0 Å². The summed E-state index contributed by atoms with van der Waals surface area (Å²) in [4.78, 5) is 45.5. The molecule has 4 rings (SSSR count). The summed E-state index contributed by atoms with van der Waals surface area (Å²) in [6.07, 6.45) is 5.13. The predicted molar refractivity (Wildman–Crippen MR) is 103 cm³/mol. The minimum absolute atomic E-state index is 0.0102. The minimum atomic E-state index is -0.0856. The van der Waals surface area contributed by atoms with Crippen molar-refractivity contribution in [3.05, 3.63) is 29.6 Å². The second-order valence-corrected chi connectivity index (χ2v) is 8.42. The Bertz CT molecular complexity index is 778. The Hall–Kier alpha value is -2.44. The Morgan fingerprint density at radius 1 is 1.25 bits per heavy atom. The van der Waals surface area contributed by atoms with E-state index in [0.29, 0.717) is 37.5 Å². The second-order valence-electron chi connectivity index (χ2n) is 8.42. The van der Waals surface area contributed by atoms with Gasteiger partial charge in [-0.2, -0.15) is 0 Å². The van der Waals surface area contributed by atoms with Gasteiger partial charge in [-0.25, -0.2) is 0 Å². The highest BCUT2D eigenvalue weighted by Gasteiger charge is 2.50. The molecule has 0 aliphatic carbocycles. The Morgan fingerprint density at radius 2 is 2.04 bits per heavy atom. The first kappa shape index (κ1) is 18.9. The number of pyridine rings is 1.